The second kappa shape index (κ2) is 38.1. The lowest BCUT2D eigenvalue weighted by Gasteiger charge is -2.39. The molecule has 3 amide bonds. The Kier molecular flexibility index (Phi) is 33.4. The lowest BCUT2D eigenvalue weighted by Crippen LogP contribution is -2.46. The Bertz CT molecular complexity index is 2070. The van der Waals surface area contributed by atoms with Gasteiger partial charge in [-0.05, 0) is 137 Å². The normalized spacial score (nSPS) is 19.6. The molecule has 0 bridgehead atoms. The number of aldehydes is 3. The molecule has 19 nitrogen and oxygen atoms in total. The van der Waals surface area contributed by atoms with Gasteiger partial charge in [0.25, 0.3) is 0 Å². The number of rotatable bonds is 24. The van der Waals surface area contributed by atoms with Crippen LogP contribution in [0, 0.1) is 11.8 Å². The van der Waals surface area contributed by atoms with Crippen molar-refractivity contribution in [2.75, 3.05) is 93.2 Å². The SMILES string of the molecule is CC(C)N(C)C1CCC(N2CCC(Nc3ncnc4ccc(C(F)(F)F)cc34)C2=O)CC1.CN.CN(C)CC(C=O)CC=O.CNCCOCCC(=O)NC1CCC(C(=O)NCCOCCC=O)CC1.c1ccncc1. The maximum Gasteiger partial charge on any atom is 0.416 e. The van der Waals surface area contributed by atoms with Crippen molar-refractivity contribution < 1.29 is 51.4 Å². The van der Waals surface area contributed by atoms with Gasteiger partial charge in [0.1, 0.15) is 37.0 Å². The van der Waals surface area contributed by atoms with E-state index in [0.717, 1.165) is 88.9 Å². The molecule has 2 aromatic heterocycles. The molecular formula is C54H86F3N11O8. The topological polar surface area (TPSA) is 243 Å². The predicted molar refractivity (Wildman–Crippen MR) is 288 cm³/mol. The minimum absolute atomic E-state index is 0.00278. The van der Waals surface area contributed by atoms with Crippen molar-refractivity contribution in [1.29, 1.82) is 0 Å². The van der Waals surface area contributed by atoms with Gasteiger partial charge < -0.3 is 65.6 Å². The number of benzene rings is 1. The quantitative estimate of drug-likeness (QED) is 0.0590. The molecule has 2 atom stereocenters. The molecule has 1 saturated heterocycles. The molecule has 2 saturated carbocycles. The van der Waals surface area contributed by atoms with E-state index in [1.54, 1.807) is 12.4 Å². The Morgan fingerprint density at radius 2 is 1.54 bits per heavy atom. The van der Waals surface area contributed by atoms with Gasteiger partial charge in [-0.25, -0.2) is 9.97 Å². The number of carbonyl (C=O) groups is 6. The third-order valence-corrected chi connectivity index (χ3v) is 13.1. The average Bonchev–Trinajstić information content (AvgIpc) is 3.79. The van der Waals surface area contributed by atoms with Gasteiger partial charge in [-0.1, -0.05) is 6.07 Å². The molecule has 6 N–H and O–H groups in total. The third-order valence-electron chi connectivity index (χ3n) is 13.1. The Morgan fingerprint density at radius 1 is 0.868 bits per heavy atom. The first-order valence-electron chi connectivity index (χ1n) is 26.4. The number of anilines is 1. The molecule has 2 aliphatic carbocycles. The fraction of sp³-hybridized carbons (Fsp3) is 0.648. The summed E-state index contributed by atoms with van der Waals surface area (Å²) < 4.78 is 50.1. The lowest BCUT2D eigenvalue weighted by atomic mass is 9.85. The van der Waals surface area contributed by atoms with E-state index in [9.17, 15) is 41.9 Å². The molecule has 0 spiro atoms. The van der Waals surface area contributed by atoms with Crippen molar-refractivity contribution >= 4 is 53.3 Å². The number of likely N-dealkylation sites (tertiary alicyclic amines) is 1. The van der Waals surface area contributed by atoms with Crippen LogP contribution in [0.2, 0.25) is 0 Å². The highest BCUT2D eigenvalue weighted by molar-refractivity contribution is 5.93. The zero-order chi connectivity index (χ0) is 56.3. The summed E-state index contributed by atoms with van der Waals surface area (Å²) in [5.74, 6) is 0.199. The molecule has 0 radical (unpaired) electrons. The van der Waals surface area contributed by atoms with Crippen LogP contribution in [0.1, 0.15) is 96.5 Å². The van der Waals surface area contributed by atoms with Gasteiger partial charge in [0.2, 0.25) is 17.7 Å². The Balaban J connectivity index is 0.000000398. The number of likely N-dealkylation sites (N-methyl/N-ethyl adjacent to an activating group) is 1. The highest BCUT2D eigenvalue weighted by Gasteiger charge is 2.39. The van der Waals surface area contributed by atoms with E-state index in [4.69, 9.17) is 9.47 Å². The smallest absolute Gasteiger partial charge is 0.380 e. The van der Waals surface area contributed by atoms with Crippen LogP contribution in [-0.2, 0) is 44.4 Å². The zero-order valence-corrected chi connectivity index (χ0v) is 45.8. The van der Waals surface area contributed by atoms with E-state index in [0.29, 0.717) is 89.3 Å². The number of aromatic nitrogens is 3. The van der Waals surface area contributed by atoms with Crippen molar-refractivity contribution in [2.24, 2.45) is 17.6 Å². The standard InChI is InChI=1S/C23H30F3N5O.C18H33N3O5.C7H13NO2.C5H5N.CH5N/c1-14(2)30(3)16-5-7-17(8-6-16)31-11-10-20(22(31)32)29-21-18-12-15(23(24,25)26)4-9-19(18)27-13-28-21;1-19-8-13-26-12-7-17(23)21-16-5-3-15(4-6-16)18(24)20-9-14-25-11-2-10-22;1-8(2)5-7(6-10)3-4-9;1-2-4-6-5-3-1;1-2/h4,9,12-14,16-17,20H,5-8,10-11H2,1-3H3,(H,27,28,29);10,15-16,19H,2-9,11-14H2,1H3,(H,20,24)(H,21,23);4,6-7H,3,5H2,1-2H3;1-5H;2H2,1H3. The zero-order valence-electron chi connectivity index (χ0n) is 45.8. The van der Waals surface area contributed by atoms with Crippen LogP contribution in [0.5, 0.6) is 0 Å². The second-order valence-corrected chi connectivity index (χ2v) is 19.2. The van der Waals surface area contributed by atoms with Crippen LogP contribution in [-0.4, -0.2) is 184 Å². The number of nitrogens with two attached hydrogens (primary N) is 1. The summed E-state index contributed by atoms with van der Waals surface area (Å²) in [5, 5.41) is 12.3. The number of amides is 3. The van der Waals surface area contributed by atoms with Gasteiger partial charge >= 0.3 is 6.18 Å². The van der Waals surface area contributed by atoms with Crippen LogP contribution in [0.15, 0.2) is 55.1 Å². The van der Waals surface area contributed by atoms with E-state index < -0.39 is 17.8 Å². The highest BCUT2D eigenvalue weighted by atomic mass is 19.4. The number of alkyl halides is 3. The van der Waals surface area contributed by atoms with Crippen LogP contribution in [0.25, 0.3) is 10.9 Å². The number of ether oxygens (including phenoxy) is 2. The summed E-state index contributed by atoms with van der Waals surface area (Å²) in [6.07, 6.45) is 11.8. The molecule has 76 heavy (non-hydrogen) atoms. The van der Waals surface area contributed by atoms with E-state index >= 15 is 0 Å². The number of hydrogen-bond donors (Lipinski definition) is 5. The summed E-state index contributed by atoms with van der Waals surface area (Å²) in [5.41, 5.74) is 4.15. The van der Waals surface area contributed by atoms with Gasteiger partial charge in [0, 0.05) is 99.2 Å². The second-order valence-electron chi connectivity index (χ2n) is 19.2. The molecule has 2 unspecified atom stereocenters. The molecule has 1 aromatic carbocycles. The number of nitrogens with one attached hydrogen (secondary N) is 4. The molecule has 3 heterocycles. The fourth-order valence-electron chi connectivity index (χ4n) is 8.85. The van der Waals surface area contributed by atoms with Crippen molar-refractivity contribution in [2.45, 2.75) is 127 Å². The van der Waals surface area contributed by atoms with Gasteiger partial charge in [0.15, 0.2) is 0 Å². The maximum atomic E-state index is 13.2. The van der Waals surface area contributed by atoms with Gasteiger partial charge in [-0.3, -0.25) is 19.4 Å². The summed E-state index contributed by atoms with van der Waals surface area (Å²) in [7, 11) is 9.27. The van der Waals surface area contributed by atoms with Gasteiger partial charge in [0.05, 0.1) is 37.5 Å². The third kappa shape index (κ3) is 25.5. The van der Waals surface area contributed by atoms with E-state index in [1.165, 1.54) is 19.4 Å². The van der Waals surface area contributed by atoms with Crippen molar-refractivity contribution in [3.63, 3.8) is 0 Å². The molecule has 3 aliphatic rings. The monoisotopic (exact) mass is 1070 g/mol. The Hall–Kier alpha value is -5.52. The fourth-order valence-corrected chi connectivity index (χ4v) is 8.85. The van der Waals surface area contributed by atoms with E-state index in [-0.39, 0.29) is 52.8 Å². The Labute approximate surface area is 447 Å². The maximum absolute atomic E-state index is 13.2. The van der Waals surface area contributed by atoms with Gasteiger partial charge in [-0.15, -0.1) is 0 Å². The minimum Gasteiger partial charge on any atom is -0.380 e. The first-order chi connectivity index (χ1) is 36.5. The molecular weight excluding hydrogens is 988 g/mol. The number of pyridine rings is 1. The van der Waals surface area contributed by atoms with Crippen molar-refractivity contribution in [1.82, 2.24) is 45.6 Å². The Morgan fingerprint density at radius 3 is 2.11 bits per heavy atom. The molecule has 426 valence electrons. The number of carbonyl (C=O) groups excluding carboxylic acids is 6. The number of hydrogen-bond acceptors (Lipinski definition) is 16. The largest absolute Gasteiger partial charge is 0.416 e. The average molecular weight is 1070 g/mol. The van der Waals surface area contributed by atoms with Crippen LogP contribution < -0.4 is 27.0 Å². The minimum atomic E-state index is -4.45. The lowest BCUT2D eigenvalue weighted by molar-refractivity contribution is -0.137. The molecule has 6 rings (SSSR count). The van der Waals surface area contributed by atoms with Crippen LogP contribution in [0.3, 0.4) is 0 Å². The summed E-state index contributed by atoms with van der Waals surface area (Å²) in [6.45, 7) is 8.78. The highest BCUT2D eigenvalue weighted by Crippen LogP contribution is 2.34. The van der Waals surface area contributed by atoms with Crippen LogP contribution in [0.4, 0.5) is 19.0 Å². The van der Waals surface area contributed by atoms with Crippen molar-refractivity contribution in [3.05, 3.63) is 60.7 Å². The van der Waals surface area contributed by atoms with Crippen molar-refractivity contribution in [3.8, 4) is 0 Å². The summed E-state index contributed by atoms with van der Waals surface area (Å²) in [4.78, 5) is 85.7. The number of fused-ring (bicyclic) bond motifs is 1. The number of halogens is 3. The van der Waals surface area contributed by atoms with E-state index in [1.807, 2.05) is 49.1 Å². The molecule has 22 heteroatoms. The molecule has 3 aromatic rings. The molecule has 3 fully saturated rings. The summed E-state index contributed by atoms with van der Waals surface area (Å²) in [6, 6.07) is 10.0. The summed E-state index contributed by atoms with van der Waals surface area (Å²) >= 11 is 0. The van der Waals surface area contributed by atoms with E-state index in [2.05, 4.69) is 67.7 Å². The predicted octanol–water partition coefficient (Wildman–Crippen LogP) is 4.93. The number of nitrogens with zero attached hydrogens (tertiary/aromatic N) is 6. The first-order valence-corrected chi connectivity index (χ1v) is 26.4. The first kappa shape index (κ1) is 66.6. The molecule has 1 aliphatic heterocycles. The van der Waals surface area contributed by atoms with Gasteiger partial charge in [-0.2, -0.15) is 13.2 Å². The van der Waals surface area contributed by atoms with Crippen LogP contribution >= 0.6 is 0 Å².